The summed E-state index contributed by atoms with van der Waals surface area (Å²) in [4.78, 5) is 15.3. The molecule has 4 nitrogen and oxygen atoms in total. The zero-order chi connectivity index (χ0) is 14.1. The lowest BCUT2D eigenvalue weighted by Crippen LogP contribution is -1.97. The summed E-state index contributed by atoms with van der Waals surface area (Å²) in [5.74, 6) is -0.896. The van der Waals surface area contributed by atoms with Crippen LogP contribution in [0.4, 0.5) is 0 Å². The van der Waals surface area contributed by atoms with Crippen molar-refractivity contribution in [1.82, 2.24) is 9.55 Å². The molecule has 0 aliphatic carbocycles. The van der Waals surface area contributed by atoms with E-state index in [-0.39, 0.29) is 0 Å². The predicted molar refractivity (Wildman–Crippen MR) is 76.9 cm³/mol. The molecule has 0 bridgehead atoms. The highest BCUT2D eigenvalue weighted by atomic mass is 16.4. The number of aromatic carboxylic acids is 1. The molecule has 0 aliphatic heterocycles. The lowest BCUT2D eigenvalue weighted by molar-refractivity contribution is 0.0697. The Labute approximate surface area is 116 Å². The molecule has 0 atom stereocenters. The summed E-state index contributed by atoms with van der Waals surface area (Å²) in [6.07, 6.45) is 2.49. The van der Waals surface area contributed by atoms with Crippen molar-refractivity contribution in [3.8, 4) is 0 Å². The molecule has 1 aromatic heterocycles. The van der Waals surface area contributed by atoms with Crippen LogP contribution in [0.2, 0.25) is 0 Å². The van der Waals surface area contributed by atoms with Gasteiger partial charge in [0, 0.05) is 7.05 Å². The summed E-state index contributed by atoms with van der Waals surface area (Å²) in [5.41, 5.74) is 4.48. The monoisotopic (exact) mass is 266 g/mol. The maximum atomic E-state index is 11.0. The Balaban J connectivity index is 1.92. The van der Waals surface area contributed by atoms with Gasteiger partial charge in [-0.3, -0.25) is 0 Å². The molecular formula is C16H14N2O2. The zero-order valence-electron chi connectivity index (χ0n) is 11.1. The number of hydrogen-bond acceptors (Lipinski definition) is 2. The molecule has 20 heavy (non-hydrogen) atoms. The van der Waals surface area contributed by atoms with Crippen molar-refractivity contribution < 1.29 is 9.90 Å². The second-order valence-corrected chi connectivity index (χ2v) is 4.86. The maximum absolute atomic E-state index is 11.0. The number of rotatable bonds is 3. The van der Waals surface area contributed by atoms with Gasteiger partial charge in [-0.1, -0.05) is 18.2 Å². The van der Waals surface area contributed by atoms with Gasteiger partial charge in [-0.25, -0.2) is 9.78 Å². The topological polar surface area (TPSA) is 55.1 Å². The smallest absolute Gasteiger partial charge is 0.335 e. The lowest BCUT2D eigenvalue weighted by atomic mass is 10.0. The number of carbonyl (C=O) groups is 1. The standard InChI is InChI=1S/C16H14N2O2/c1-18-10-17-14-9-12(5-6-15(14)18)7-11-3-2-4-13(8-11)16(19)20/h2-6,8-10H,7H2,1H3,(H,19,20). The second kappa shape index (κ2) is 4.81. The van der Waals surface area contributed by atoms with Gasteiger partial charge in [0.15, 0.2) is 0 Å². The summed E-state index contributed by atoms with van der Waals surface area (Å²) in [6, 6.07) is 13.2. The summed E-state index contributed by atoms with van der Waals surface area (Å²) >= 11 is 0. The van der Waals surface area contributed by atoms with E-state index in [1.54, 1.807) is 24.5 Å². The molecule has 100 valence electrons. The Kier molecular flexibility index (Phi) is 2.99. The van der Waals surface area contributed by atoms with Crippen molar-refractivity contribution in [3.05, 3.63) is 65.5 Å². The van der Waals surface area contributed by atoms with Gasteiger partial charge in [0.1, 0.15) is 0 Å². The van der Waals surface area contributed by atoms with Crippen LogP contribution in [0.5, 0.6) is 0 Å². The van der Waals surface area contributed by atoms with Crippen LogP contribution >= 0.6 is 0 Å². The number of hydrogen-bond donors (Lipinski definition) is 1. The van der Waals surface area contributed by atoms with E-state index in [4.69, 9.17) is 5.11 Å². The third-order valence-electron chi connectivity index (χ3n) is 3.37. The van der Waals surface area contributed by atoms with Crippen LogP contribution in [-0.2, 0) is 13.5 Å². The van der Waals surface area contributed by atoms with E-state index in [2.05, 4.69) is 11.1 Å². The van der Waals surface area contributed by atoms with Gasteiger partial charge in [0.25, 0.3) is 0 Å². The maximum Gasteiger partial charge on any atom is 0.335 e. The molecule has 1 heterocycles. The molecule has 0 unspecified atom stereocenters. The van der Waals surface area contributed by atoms with Crippen LogP contribution in [0, 0.1) is 0 Å². The minimum atomic E-state index is -0.896. The highest BCUT2D eigenvalue weighted by molar-refractivity contribution is 5.87. The van der Waals surface area contributed by atoms with Gasteiger partial charge in [-0.2, -0.15) is 0 Å². The van der Waals surface area contributed by atoms with E-state index >= 15 is 0 Å². The summed E-state index contributed by atoms with van der Waals surface area (Å²) < 4.78 is 1.98. The Morgan fingerprint density at radius 3 is 2.80 bits per heavy atom. The first-order valence-corrected chi connectivity index (χ1v) is 6.36. The van der Waals surface area contributed by atoms with E-state index in [0.717, 1.165) is 22.2 Å². The van der Waals surface area contributed by atoms with Crippen molar-refractivity contribution in [1.29, 1.82) is 0 Å². The van der Waals surface area contributed by atoms with Gasteiger partial charge in [-0.15, -0.1) is 0 Å². The molecule has 4 heteroatoms. The Morgan fingerprint density at radius 2 is 2.00 bits per heavy atom. The van der Waals surface area contributed by atoms with E-state index in [1.165, 1.54) is 0 Å². The molecule has 2 aromatic carbocycles. The lowest BCUT2D eigenvalue weighted by Gasteiger charge is -2.04. The first-order valence-electron chi connectivity index (χ1n) is 6.36. The van der Waals surface area contributed by atoms with Crippen molar-refractivity contribution in [2.75, 3.05) is 0 Å². The molecule has 3 aromatic rings. The average molecular weight is 266 g/mol. The fourth-order valence-electron chi connectivity index (χ4n) is 2.34. The third-order valence-corrected chi connectivity index (χ3v) is 3.37. The van der Waals surface area contributed by atoms with Crippen LogP contribution < -0.4 is 0 Å². The molecule has 1 N–H and O–H groups in total. The molecular weight excluding hydrogens is 252 g/mol. The largest absolute Gasteiger partial charge is 0.478 e. The molecule has 0 saturated carbocycles. The summed E-state index contributed by atoms with van der Waals surface area (Å²) in [5, 5.41) is 9.01. The van der Waals surface area contributed by atoms with Gasteiger partial charge in [-0.05, 0) is 41.8 Å². The Hall–Kier alpha value is -2.62. The predicted octanol–water partition coefficient (Wildman–Crippen LogP) is 2.86. The number of aryl methyl sites for hydroxylation is 1. The van der Waals surface area contributed by atoms with Crippen molar-refractivity contribution >= 4 is 17.0 Å². The van der Waals surface area contributed by atoms with E-state index < -0.39 is 5.97 Å². The van der Waals surface area contributed by atoms with Gasteiger partial charge >= 0.3 is 5.97 Å². The van der Waals surface area contributed by atoms with Crippen molar-refractivity contribution in [3.63, 3.8) is 0 Å². The number of carboxylic acid groups (broad SMARTS) is 1. The summed E-state index contributed by atoms with van der Waals surface area (Å²) in [7, 11) is 1.96. The molecule has 0 fully saturated rings. The third kappa shape index (κ3) is 2.28. The molecule has 0 amide bonds. The van der Waals surface area contributed by atoms with E-state index in [9.17, 15) is 4.79 Å². The van der Waals surface area contributed by atoms with Gasteiger partial charge in [0.2, 0.25) is 0 Å². The Morgan fingerprint density at radius 1 is 1.20 bits per heavy atom. The van der Waals surface area contributed by atoms with Crippen LogP contribution in [-0.4, -0.2) is 20.6 Å². The van der Waals surface area contributed by atoms with E-state index in [0.29, 0.717) is 12.0 Å². The van der Waals surface area contributed by atoms with Crippen LogP contribution in [0.1, 0.15) is 21.5 Å². The second-order valence-electron chi connectivity index (χ2n) is 4.86. The highest BCUT2D eigenvalue weighted by Gasteiger charge is 2.05. The van der Waals surface area contributed by atoms with Gasteiger partial charge < -0.3 is 9.67 Å². The number of aromatic nitrogens is 2. The number of imidazole rings is 1. The number of nitrogens with zero attached hydrogens (tertiary/aromatic N) is 2. The van der Waals surface area contributed by atoms with Crippen LogP contribution in [0.3, 0.4) is 0 Å². The number of carboxylic acids is 1. The molecule has 0 saturated heterocycles. The molecule has 3 rings (SSSR count). The zero-order valence-corrected chi connectivity index (χ0v) is 11.1. The number of fused-ring (bicyclic) bond motifs is 1. The fourth-order valence-corrected chi connectivity index (χ4v) is 2.34. The van der Waals surface area contributed by atoms with Crippen LogP contribution in [0.25, 0.3) is 11.0 Å². The Bertz CT molecular complexity index is 790. The first kappa shape index (κ1) is 12.4. The van der Waals surface area contributed by atoms with Crippen molar-refractivity contribution in [2.45, 2.75) is 6.42 Å². The minimum Gasteiger partial charge on any atom is -0.478 e. The van der Waals surface area contributed by atoms with Crippen molar-refractivity contribution in [2.24, 2.45) is 7.05 Å². The average Bonchev–Trinajstić information content (AvgIpc) is 2.80. The summed E-state index contributed by atoms with van der Waals surface area (Å²) in [6.45, 7) is 0. The highest BCUT2D eigenvalue weighted by Crippen LogP contribution is 2.17. The number of benzene rings is 2. The fraction of sp³-hybridized carbons (Fsp3) is 0.125. The minimum absolute atomic E-state index is 0.321. The molecule has 0 radical (unpaired) electrons. The van der Waals surface area contributed by atoms with Crippen LogP contribution in [0.15, 0.2) is 48.8 Å². The van der Waals surface area contributed by atoms with E-state index in [1.807, 2.05) is 29.8 Å². The van der Waals surface area contributed by atoms with Gasteiger partial charge in [0.05, 0.1) is 22.9 Å². The molecule has 0 spiro atoms. The quantitative estimate of drug-likeness (QED) is 0.793. The normalized spacial score (nSPS) is 10.8. The SMILES string of the molecule is Cn1cnc2cc(Cc3cccc(C(=O)O)c3)ccc21. The first-order chi connectivity index (χ1) is 9.63. The molecule has 0 aliphatic rings.